The van der Waals surface area contributed by atoms with Gasteiger partial charge < -0.3 is 10.3 Å². The lowest BCUT2D eigenvalue weighted by atomic mass is 9.79. The molecule has 21 heavy (non-hydrogen) atoms. The molecule has 1 saturated heterocycles. The molecule has 113 valence electrons. The summed E-state index contributed by atoms with van der Waals surface area (Å²) in [5, 5.41) is 17.1. The van der Waals surface area contributed by atoms with Crippen molar-refractivity contribution < 1.29 is 5.21 Å². The minimum absolute atomic E-state index is 0.182. The fourth-order valence-corrected chi connectivity index (χ4v) is 3.43. The van der Waals surface area contributed by atoms with Crippen molar-refractivity contribution in [3.8, 4) is 0 Å². The van der Waals surface area contributed by atoms with E-state index in [4.69, 9.17) is 0 Å². The Morgan fingerprint density at radius 1 is 1.19 bits per heavy atom. The lowest BCUT2D eigenvalue weighted by Crippen LogP contribution is -2.60. The minimum atomic E-state index is -0.403. The lowest BCUT2D eigenvalue weighted by Gasteiger charge is -2.50. The molecule has 1 aliphatic heterocycles. The van der Waals surface area contributed by atoms with Crippen LogP contribution in [0.25, 0.3) is 11.2 Å². The van der Waals surface area contributed by atoms with Gasteiger partial charge >= 0.3 is 0 Å². The highest BCUT2D eigenvalue weighted by Gasteiger charge is 2.46. The molecule has 1 aliphatic rings. The van der Waals surface area contributed by atoms with Crippen LogP contribution in [0.5, 0.6) is 0 Å². The summed E-state index contributed by atoms with van der Waals surface area (Å²) in [5.74, 6) is 0.744. The number of aromatic amines is 1. The Hall–Kier alpha value is -1.73. The largest absolute Gasteiger partial charge is 0.365 e. The van der Waals surface area contributed by atoms with Gasteiger partial charge in [-0.15, -0.1) is 10.3 Å². The molecule has 3 rings (SSSR count). The second-order valence-corrected chi connectivity index (χ2v) is 6.99. The number of hydrogen-bond acceptors (Lipinski definition) is 5. The van der Waals surface area contributed by atoms with E-state index in [-0.39, 0.29) is 6.04 Å². The molecular formula is C14H21N6O. The molecule has 0 saturated carbocycles. The number of nitrogens with one attached hydrogen (secondary N) is 2. The fraction of sp³-hybridized carbons (Fsp3) is 0.643. The number of hydroxylamine groups is 2. The zero-order valence-corrected chi connectivity index (χ0v) is 12.8. The molecule has 0 amide bonds. The van der Waals surface area contributed by atoms with E-state index in [1.165, 1.54) is 11.4 Å². The number of fused-ring (bicyclic) bond motifs is 1. The van der Waals surface area contributed by atoms with E-state index >= 15 is 0 Å². The Kier molecular flexibility index (Phi) is 3.14. The maximum absolute atomic E-state index is 12.4. The summed E-state index contributed by atoms with van der Waals surface area (Å²) < 4.78 is 0. The van der Waals surface area contributed by atoms with Gasteiger partial charge in [-0.05, 0) is 40.5 Å². The standard InChI is InChI=1S/C14H21N6O/c1-13(2)5-9(6-14(3,4)20(13)21)19-12-10-11(16-7-15-10)17-8-18-12/h7-9H,5-6H2,1-4H3,(H2,15,16,17,18,19). The summed E-state index contributed by atoms with van der Waals surface area (Å²) in [4.78, 5) is 15.6. The number of hydrogen-bond donors (Lipinski definition) is 2. The van der Waals surface area contributed by atoms with Gasteiger partial charge in [0.05, 0.1) is 6.33 Å². The third kappa shape index (κ3) is 2.47. The number of piperidine rings is 1. The van der Waals surface area contributed by atoms with Crippen molar-refractivity contribution in [3.05, 3.63) is 12.7 Å². The molecule has 0 spiro atoms. The first kappa shape index (κ1) is 14.2. The van der Waals surface area contributed by atoms with Crippen molar-refractivity contribution in [1.29, 1.82) is 0 Å². The smallest absolute Gasteiger partial charge is 0.182 e. The molecule has 1 fully saturated rings. The molecule has 2 aromatic heterocycles. The number of aromatic nitrogens is 4. The van der Waals surface area contributed by atoms with Crippen LogP contribution >= 0.6 is 0 Å². The highest BCUT2D eigenvalue weighted by Crippen LogP contribution is 2.38. The summed E-state index contributed by atoms with van der Waals surface area (Å²) in [6, 6.07) is 0.182. The van der Waals surface area contributed by atoms with E-state index in [1.54, 1.807) is 6.33 Å². The van der Waals surface area contributed by atoms with E-state index in [2.05, 4.69) is 25.3 Å². The van der Waals surface area contributed by atoms with Crippen molar-refractivity contribution in [2.45, 2.75) is 57.7 Å². The molecule has 7 heteroatoms. The Morgan fingerprint density at radius 2 is 1.86 bits per heavy atom. The van der Waals surface area contributed by atoms with Crippen molar-refractivity contribution in [2.24, 2.45) is 0 Å². The second-order valence-electron chi connectivity index (χ2n) is 6.99. The fourth-order valence-electron chi connectivity index (χ4n) is 3.43. The average Bonchev–Trinajstić information content (AvgIpc) is 2.84. The van der Waals surface area contributed by atoms with E-state index in [0.29, 0.717) is 5.65 Å². The average molecular weight is 289 g/mol. The van der Waals surface area contributed by atoms with Gasteiger partial charge in [0.1, 0.15) is 11.8 Å². The molecule has 0 unspecified atom stereocenters. The highest BCUT2D eigenvalue weighted by atomic mass is 16.5. The molecule has 2 N–H and O–H groups in total. The normalized spacial score (nSPS) is 22.5. The summed E-state index contributed by atoms with van der Waals surface area (Å²) in [6.45, 7) is 7.95. The number of nitrogens with zero attached hydrogens (tertiary/aromatic N) is 4. The minimum Gasteiger partial charge on any atom is -0.365 e. The SMILES string of the molecule is CC1(C)CC(Nc2ncnc3nc[nH]c23)CC(C)(C)N1[O]. The zero-order chi connectivity index (χ0) is 15.3. The molecular weight excluding hydrogens is 268 g/mol. The Bertz CT molecular complexity index is 632. The molecule has 0 bridgehead atoms. The van der Waals surface area contributed by atoms with Gasteiger partial charge in [-0.3, -0.25) is 0 Å². The highest BCUT2D eigenvalue weighted by molar-refractivity contribution is 5.82. The predicted molar refractivity (Wildman–Crippen MR) is 79.0 cm³/mol. The summed E-state index contributed by atoms with van der Waals surface area (Å²) in [6.07, 6.45) is 4.64. The van der Waals surface area contributed by atoms with Crippen molar-refractivity contribution >= 4 is 17.0 Å². The molecule has 7 nitrogen and oxygen atoms in total. The van der Waals surface area contributed by atoms with Gasteiger partial charge in [0, 0.05) is 17.1 Å². The van der Waals surface area contributed by atoms with Crippen LogP contribution in [0.1, 0.15) is 40.5 Å². The topological polar surface area (TPSA) is 89.6 Å². The van der Waals surface area contributed by atoms with E-state index in [1.807, 2.05) is 27.7 Å². The predicted octanol–water partition coefficient (Wildman–Crippen LogP) is 2.13. The van der Waals surface area contributed by atoms with Crippen LogP contribution < -0.4 is 5.32 Å². The van der Waals surface area contributed by atoms with Crippen LogP contribution in [0.3, 0.4) is 0 Å². The molecule has 1 radical (unpaired) electrons. The van der Waals surface area contributed by atoms with Gasteiger partial charge in [0.15, 0.2) is 11.5 Å². The summed E-state index contributed by atoms with van der Waals surface area (Å²) >= 11 is 0. The van der Waals surface area contributed by atoms with Gasteiger partial charge in [0.2, 0.25) is 0 Å². The number of anilines is 1. The van der Waals surface area contributed by atoms with Crippen LogP contribution in [0.2, 0.25) is 0 Å². The molecule has 0 atom stereocenters. The zero-order valence-electron chi connectivity index (χ0n) is 12.8. The number of H-pyrrole nitrogens is 1. The van der Waals surface area contributed by atoms with Gasteiger partial charge in [-0.2, -0.15) is 0 Å². The maximum Gasteiger partial charge on any atom is 0.182 e. The maximum atomic E-state index is 12.4. The molecule has 0 aliphatic carbocycles. The van der Waals surface area contributed by atoms with Crippen LogP contribution in [-0.4, -0.2) is 42.1 Å². The van der Waals surface area contributed by atoms with Gasteiger partial charge in [0.25, 0.3) is 0 Å². The first-order valence-electron chi connectivity index (χ1n) is 7.18. The molecule has 2 aromatic rings. The molecule has 3 heterocycles. The Morgan fingerprint density at radius 3 is 2.52 bits per heavy atom. The number of imidazole rings is 1. The van der Waals surface area contributed by atoms with E-state index < -0.39 is 11.1 Å². The first-order valence-corrected chi connectivity index (χ1v) is 7.18. The van der Waals surface area contributed by atoms with Gasteiger partial charge in [-0.25, -0.2) is 15.0 Å². The van der Waals surface area contributed by atoms with Crippen LogP contribution in [-0.2, 0) is 5.21 Å². The van der Waals surface area contributed by atoms with Crippen LogP contribution in [0.15, 0.2) is 12.7 Å². The third-order valence-electron chi connectivity index (χ3n) is 4.16. The summed E-state index contributed by atoms with van der Waals surface area (Å²) in [5.41, 5.74) is 0.643. The van der Waals surface area contributed by atoms with Gasteiger partial charge in [-0.1, -0.05) is 0 Å². The second kappa shape index (κ2) is 4.64. The Balaban J connectivity index is 1.87. The quantitative estimate of drug-likeness (QED) is 0.884. The van der Waals surface area contributed by atoms with E-state index in [0.717, 1.165) is 24.2 Å². The Labute approximate surface area is 123 Å². The van der Waals surface area contributed by atoms with Crippen molar-refractivity contribution in [2.75, 3.05) is 5.32 Å². The van der Waals surface area contributed by atoms with E-state index in [9.17, 15) is 5.21 Å². The van der Waals surface area contributed by atoms with Crippen LogP contribution in [0.4, 0.5) is 5.82 Å². The third-order valence-corrected chi connectivity index (χ3v) is 4.16. The monoisotopic (exact) mass is 289 g/mol. The number of rotatable bonds is 2. The van der Waals surface area contributed by atoms with Crippen molar-refractivity contribution in [1.82, 2.24) is 25.0 Å². The molecule has 0 aromatic carbocycles. The summed E-state index contributed by atoms with van der Waals surface area (Å²) in [7, 11) is 0. The van der Waals surface area contributed by atoms with Crippen molar-refractivity contribution in [3.63, 3.8) is 0 Å². The lowest BCUT2D eigenvalue weighted by molar-refractivity contribution is -0.288. The van der Waals surface area contributed by atoms with Crippen LogP contribution in [0, 0.1) is 0 Å². The first-order chi connectivity index (χ1) is 9.79.